The fourth-order valence-corrected chi connectivity index (χ4v) is 2.68. The molecule has 0 atom stereocenters. The summed E-state index contributed by atoms with van der Waals surface area (Å²) in [6, 6.07) is 7.41. The maximum Gasteiger partial charge on any atom is 0.0949 e. The quantitative estimate of drug-likeness (QED) is 0.528. The van der Waals surface area contributed by atoms with Crippen molar-refractivity contribution < 1.29 is 9.90 Å². The Balaban J connectivity index is 2.41. The highest BCUT2D eigenvalue weighted by atomic mass is 16.4. The van der Waals surface area contributed by atoms with Crippen LogP contribution in [0.2, 0.25) is 0 Å². The van der Waals surface area contributed by atoms with Crippen molar-refractivity contribution in [3.8, 4) is 0 Å². The predicted molar refractivity (Wildman–Crippen MR) is 73.2 cm³/mol. The lowest BCUT2D eigenvalue weighted by Gasteiger charge is -2.07. The molecule has 1 aromatic carbocycles. The number of benzene rings is 1. The molecule has 0 aliphatic heterocycles. The van der Waals surface area contributed by atoms with Crippen molar-refractivity contribution >= 4 is 38.5 Å². The van der Waals surface area contributed by atoms with Gasteiger partial charge >= 0.3 is 0 Å². The van der Waals surface area contributed by atoms with Gasteiger partial charge in [0.15, 0.2) is 0 Å². The van der Waals surface area contributed by atoms with Crippen molar-refractivity contribution in [1.29, 1.82) is 0 Å². The van der Waals surface area contributed by atoms with Gasteiger partial charge in [-0.25, -0.2) is 0 Å². The second kappa shape index (κ2) is 3.77. The number of fused-ring (bicyclic) bond motifs is 6. The number of hydrogen-bond acceptors (Lipinski definition) is 4. The van der Waals surface area contributed by atoms with Crippen molar-refractivity contribution in [1.82, 2.24) is 15.0 Å². The molecule has 1 N–H and O–H groups in total. The van der Waals surface area contributed by atoms with Crippen molar-refractivity contribution in [3.63, 3.8) is 0 Å². The predicted octanol–water partition coefficient (Wildman–Crippen LogP) is 1.63. The number of hydrogen-bond donors (Lipinski definition) is 1. The van der Waals surface area contributed by atoms with Crippen LogP contribution in [0.3, 0.4) is 0 Å². The summed E-state index contributed by atoms with van der Waals surface area (Å²) in [6.45, 7) is 0. The number of nitrogens with zero attached hydrogens (tertiary/aromatic N) is 2. The lowest BCUT2D eigenvalue weighted by Crippen LogP contribution is -2.22. The molecule has 96 valence electrons. The average molecular weight is 262 g/mol. The summed E-state index contributed by atoms with van der Waals surface area (Å²) >= 11 is 0. The number of H-pyrrole nitrogens is 1. The van der Waals surface area contributed by atoms with Gasteiger partial charge in [0.2, 0.25) is 0 Å². The van der Waals surface area contributed by atoms with Gasteiger partial charge in [0.05, 0.1) is 22.7 Å². The number of carboxylic acids is 1. The minimum Gasteiger partial charge on any atom is -0.543 e. The van der Waals surface area contributed by atoms with Crippen molar-refractivity contribution in [2.24, 2.45) is 0 Å². The van der Waals surface area contributed by atoms with E-state index < -0.39 is 5.97 Å². The Morgan fingerprint density at radius 3 is 2.80 bits per heavy atom. The first-order chi connectivity index (χ1) is 9.77. The van der Waals surface area contributed by atoms with Crippen LogP contribution in [0.4, 0.5) is 0 Å². The molecule has 5 heteroatoms. The molecule has 0 saturated carbocycles. The molecule has 0 spiro atoms. The van der Waals surface area contributed by atoms with Gasteiger partial charge in [-0.1, -0.05) is 12.1 Å². The van der Waals surface area contributed by atoms with Gasteiger partial charge < -0.3 is 14.9 Å². The first-order valence-corrected chi connectivity index (χ1v) is 6.11. The maximum atomic E-state index is 11.3. The van der Waals surface area contributed by atoms with Crippen LogP contribution in [0.15, 0.2) is 42.9 Å². The van der Waals surface area contributed by atoms with E-state index in [4.69, 9.17) is 0 Å². The van der Waals surface area contributed by atoms with E-state index in [9.17, 15) is 9.90 Å². The summed E-state index contributed by atoms with van der Waals surface area (Å²) in [6.07, 6.45) is 5.07. The zero-order valence-corrected chi connectivity index (χ0v) is 10.3. The minimum atomic E-state index is -1.27. The SMILES string of the molecule is O=C([O-])c1ncc2c3ccc[nH]c3c3ncccc3c12. The molecule has 0 unspecified atom stereocenters. The van der Waals surface area contributed by atoms with E-state index in [2.05, 4.69) is 15.0 Å². The maximum absolute atomic E-state index is 11.3. The summed E-state index contributed by atoms with van der Waals surface area (Å²) in [4.78, 5) is 22.8. The first kappa shape index (κ1) is 10.9. The van der Waals surface area contributed by atoms with E-state index in [1.165, 1.54) is 0 Å². The Bertz CT molecular complexity index is 988. The summed E-state index contributed by atoms with van der Waals surface area (Å²) in [5.41, 5.74) is 1.56. The van der Waals surface area contributed by atoms with E-state index in [-0.39, 0.29) is 5.69 Å². The lowest BCUT2D eigenvalue weighted by atomic mass is 10.0. The second-order valence-electron chi connectivity index (χ2n) is 4.54. The van der Waals surface area contributed by atoms with Crippen LogP contribution in [0, 0.1) is 0 Å². The van der Waals surface area contributed by atoms with E-state index in [1.807, 2.05) is 24.4 Å². The number of rotatable bonds is 1. The van der Waals surface area contributed by atoms with E-state index in [0.717, 1.165) is 27.2 Å². The summed E-state index contributed by atoms with van der Waals surface area (Å²) in [5.74, 6) is -1.27. The van der Waals surface area contributed by atoms with Gasteiger partial charge in [-0.05, 0) is 12.1 Å². The Kier molecular flexibility index (Phi) is 2.06. The molecule has 5 nitrogen and oxygen atoms in total. The summed E-state index contributed by atoms with van der Waals surface area (Å²) < 4.78 is 0. The smallest absolute Gasteiger partial charge is 0.0949 e. The normalized spacial score (nSPS) is 11.4. The van der Waals surface area contributed by atoms with Gasteiger partial charge in [-0.3, -0.25) is 9.97 Å². The molecule has 3 heterocycles. The molecule has 0 radical (unpaired) electrons. The second-order valence-corrected chi connectivity index (χ2v) is 4.54. The molecule has 0 bridgehead atoms. The Hall–Kier alpha value is -2.95. The van der Waals surface area contributed by atoms with Crippen LogP contribution in [-0.4, -0.2) is 20.9 Å². The largest absolute Gasteiger partial charge is 0.543 e. The minimum absolute atomic E-state index is 0.0382. The third kappa shape index (κ3) is 1.29. The van der Waals surface area contributed by atoms with Crippen LogP contribution < -0.4 is 5.11 Å². The number of aromatic nitrogens is 3. The average Bonchev–Trinajstić information content (AvgIpc) is 2.93. The molecule has 4 aromatic rings. The molecule has 0 fully saturated rings. The Morgan fingerprint density at radius 2 is 1.95 bits per heavy atom. The standard InChI is InChI=1S/C15H9N3O2/c19-15(20)14-11-9-4-2-6-17-13(9)12-8(3-1-5-16-12)10(11)7-18-14/h1-7,16H,(H,19,20)/p-1. The lowest BCUT2D eigenvalue weighted by molar-refractivity contribution is -0.255. The first-order valence-electron chi connectivity index (χ1n) is 6.11. The van der Waals surface area contributed by atoms with Gasteiger partial charge in [-0.2, -0.15) is 0 Å². The zero-order valence-electron chi connectivity index (χ0n) is 10.3. The molecule has 0 aliphatic rings. The van der Waals surface area contributed by atoms with E-state index in [1.54, 1.807) is 18.5 Å². The monoisotopic (exact) mass is 262 g/mol. The van der Waals surface area contributed by atoms with Crippen LogP contribution in [0.1, 0.15) is 10.5 Å². The van der Waals surface area contributed by atoms with E-state index in [0.29, 0.717) is 5.39 Å². The molecule has 0 aliphatic carbocycles. The molecule has 0 amide bonds. The third-order valence-electron chi connectivity index (χ3n) is 3.48. The zero-order chi connectivity index (χ0) is 13.7. The molecular formula is C15H8N3O2-. The van der Waals surface area contributed by atoms with Crippen LogP contribution in [0.5, 0.6) is 0 Å². The number of aromatic carboxylic acids is 1. The highest BCUT2D eigenvalue weighted by molar-refractivity contribution is 6.26. The van der Waals surface area contributed by atoms with Gasteiger partial charge in [0, 0.05) is 40.1 Å². The number of carbonyl (C=O) groups is 1. The van der Waals surface area contributed by atoms with Gasteiger partial charge in [0.25, 0.3) is 0 Å². The molecule has 3 aromatic heterocycles. The van der Waals surface area contributed by atoms with Gasteiger partial charge in [-0.15, -0.1) is 0 Å². The van der Waals surface area contributed by atoms with Crippen LogP contribution in [-0.2, 0) is 0 Å². The van der Waals surface area contributed by atoms with Crippen molar-refractivity contribution in [2.45, 2.75) is 0 Å². The Morgan fingerprint density at radius 1 is 1.10 bits per heavy atom. The highest BCUT2D eigenvalue weighted by Crippen LogP contribution is 2.34. The molecule has 4 rings (SSSR count). The van der Waals surface area contributed by atoms with Crippen LogP contribution >= 0.6 is 0 Å². The summed E-state index contributed by atoms with van der Waals surface area (Å²) in [5, 5.41) is 14.3. The third-order valence-corrected chi connectivity index (χ3v) is 3.48. The van der Waals surface area contributed by atoms with Gasteiger partial charge in [0.1, 0.15) is 0 Å². The topological polar surface area (TPSA) is 81.7 Å². The fraction of sp³-hybridized carbons (Fsp3) is 0. The summed E-state index contributed by atoms with van der Waals surface area (Å²) in [7, 11) is 0. The fourth-order valence-electron chi connectivity index (χ4n) is 2.68. The number of pyridine rings is 2. The molecule has 20 heavy (non-hydrogen) atoms. The highest BCUT2D eigenvalue weighted by Gasteiger charge is 2.15. The number of nitrogens with one attached hydrogen (secondary N) is 1. The molecule has 0 saturated heterocycles. The number of aromatic amines is 1. The molecular weight excluding hydrogens is 254 g/mol. The van der Waals surface area contributed by atoms with E-state index >= 15 is 0 Å². The number of carbonyl (C=O) groups excluding carboxylic acids is 1. The Labute approximate surface area is 112 Å². The number of carboxylic acid groups (broad SMARTS) is 1. The van der Waals surface area contributed by atoms with Crippen molar-refractivity contribution in [3.05, 3.63) is 48.5 Å². The van der Waals surface area contributed by atoms with Crippen LogP contribution in [0.25, 0.3) is 32.6 Å². The van der Waals surface area contributed by atoms with Crippen molar-refractivity contribution in [2.75, 3.05) is 0 Å².